The van der Waals surface area contributed by atoms with E-state index < -0.39 is 34.5 Å². The standard InChI is InChI=1S/C14H7F3O2/c1-19-14-11(16)8-6-4-2-3-5-7(6)13(18)9(8)10(15)12(14)17/h2-5H,1H3. The molecule has 0 spiro atoms. The van der Waals surface area contributed by atoms with Gasteiger partial charge in [-0.2, -0.15) is 4.39 Å². The second-order valence-corrected chi connectivity index (χ2v) is 4.10. The molecule has 0 fully saturated rings. The molecule has 0 unspecified atom stereocenters. The van der Waals surface area contributed by atoms with Crippen molar-refractivity contribution in [2.24, 2.45) is 0 Å². The molecule has 2 aromatic carbocycles. The molecule has 0 bridgehead atoms. The Kier molecular flexibility index (Phi) is 2.38. The number of halogens is 3. The molecule has 0 heterocycles. The second-order valence-electron chi connectivity index (χ2n) is 4.10. The van der Waals surface area contributed by atoms with Gasteiger partial charge in [0.25, 0.3) is 0 Å². The fourth-order valence-corrected chi connectivity index (χ4v) is 2.32. The SMILES string of the molecule is COc1c(F)c(F)c2c(c1F)-c1ccccc1C2=O. The molecule has 2 nitrogen and oxygen atoms in total. The maximum atomic E-state index is 14.2. The molecule has 3 rings (SSSR count). The number of carbonyl (C=O) groups is 1. The quantitative estimate of drug-likeness (QED) is 0.630. The average molecular weight is 264 g/mol. The molecule has 1 aliphatic carbocycles. The van der Waals surface area contributed by atoms with E-state index in [1.165, 1.54) is 12.1 Å². The largest absolute Gasteiger partial charge is 0.491 e. The Labute approximate surface area is 106 Å². The number of benzene rings is 2. The van der Waals surface area contributed by atoms with Crippen molar-refractivity contribution < 1.29 is 22.7 Å². The van der Waals surface area contributed by atoms with Gasteiger partial charge in [-0.3, -0.25) is 4.79 Å². The second kappa shape index (κ2) is 3.85. The molecular formula is C14H7F3O2. The number of ketones is 1. The molecule has 0 saturated carbocycles. The highest BCUT2D eigenvalue weighted by Gasteiger charge is 2.37. The molecule has 1 aliphatic rings. The van der Waals surface area contributed by atoms with E-state index in [0.717, 1.165) is 7.11 Å². The van der Waals surface area contributed by atoms with Crippen LogP contribution in [0.15, 0.2) is 24.3 Å². The van der Waals surface area contributed by atoms with Gasteiger partial charge in [0.1, 0.15) is 0 Å². The van der Waals surface area contributed by atoms with Crippen LogP contribution in [-0.2, 0) is 0 Å². The lowest BCUT2D eigenvalue weighted by molar-refractivity contribution is 0.103. The van der Waals surface area contributed by atoms with Crippen LogP contribution >= 0.6 is 0 Å². The van der Waals surface area contributed by atoms with Gasteiger partial charge >= 0.3 is 0 Å². The van der Waals surface area contributed by atoms with E-state index in [-0.39, 0.29) is 16.7 Å². The van der Waals surface area contributed by atoms with E-state index in [1.54, 1.807) is 12.1 Å². The highest BCUT2D eigenvalue weighted by molar-refractivity contribution is 6.22. The van der Waals surface area contributed by atoms with Gasteiger partial charge in [-0.05, 0) is 5.56 Å². The van der Waals surface area contributed by atoms with Crippen molar-refractivity contribution in [3.8, 4) is 16.9 Å². The Bertz CT molecular complexity index is 723. The number of hydrogen-bond donors (Lipinski definition) is 0. The van der Waals surface area contributed by atoms with Crippen LogP contribution in [0, 0.1) is 17.5 Å². The van der Waals surface area contributed by atoms with Gasteiger partial charge in [-0.1, -0.05) is 24.3 Å². The zero-order chi connectivity index (χ0) is 13.7. The van der Waals surface area contributed by atoms with E-state index in [4.69, 9.17) is 0 Å². The minimum Gasteiger partial charge on any atom is -0.491 e. The average Bonchev–Trinajstić information content (AvgIpc) is 2.71. The smallest absolute Gasteiger partial charge is 0.204 e. The van der Waals surface area contributed by atoms with Crippen LogP contribution < -0.4 is 4.74 Å². The van der Waals surface area contributed by atoms with E-state index in [9.17, 15) is 18.0 Å². The summed E-state index contributed by atoms with van der Waals surface area (Å²) in [5.41, 5.74) is -0.409. The molecule has 19 heavy (non-hydrogen) atoms. The zero-order valence-electron chi connectivity index (χ0n) is 9.76. The van der Waals surface area contributed by atoms with Gasteiger partial charge in [0, 0.05) is 11.1 Å². The third kappa shape index (κ3) is 1.35. The third-order valence-electron chi connectivity index (χ3n) is 3.15. The zero-order valence-corrected chi connectivity index (χ0v) is 9.76. The van der Waals surface area contributed by atoms with E-state index in [2.05, 4.69) is 4.74 Å². The van der Waals surface area contributed by atoms with Crippen LogP contribution in [0.3, 0.4) is 0 Å². The molecule has 0 radical (unpaired) electrons. The summed E-state index contributed by atoms with van der Waals surface area (Å²) in [6.07, 6.45) is 0. The summed E-state index contributed by atoms with van der Waals surface area (Å²) in [5, 5.41) is 0. The van der Waals surface area contributed by atoms with Gasteiger partial charge in [0.2, 0.25) is 5.82 Å². The Morgan fingerprint density at radius 1 is 0.895 bits per heavy atom. The monoisotopic (exact) mass is 264 g/mol. The fourth-order valence-electron chi connectivity index (χ4n) is 2.32. The lowest BCUT2D eigenvalue weighted by atomic mass is 10.0. The molecule has 0 saturated heterocycles. The number of ether oxygens (including phenoxy) is 1. The first-order chi connectivity index (χ1) is 9.07. The number of carbonyl (C=O) groups excluding carboxylic acids is 1. The Hall–Kier alpha value is -2.30. The fraction of sp³-hybridized carbons (Fsp3) is 0.0714. The lowest BCUT2D eigenvalue weighted by Gasteiger charge is -2.09. The molecule has 5 heteroatoms. The van der Waals surface area contributed by atoms with Crippen molar-refractivity contribution in [2.75, 3.05) is 7.11 Å². The first-order valence-electron chi connectivity index (χ1n) is 5.46. The maximum Gasteiger partial charge on any atom is 0.204 e. The van der Waals surface area contributed by atoms with Gasteiger partial charge < -0.3 is 4.74 Å². The van der Waals surface area contributed by atoms with Crippen molar-refractivity contribution in [3.05, 3.63) is 52.8 Å². The van der Waals surface area contributed by atoms with E-state index in [0.29, 0.717) is 0 Å². The molecule has 0 atom stereocenters. The normalized spacial score (nSPS) is 12.3. The minimum atomic E-state index is -1.49. The van der Waals surface area contributed by atoms with Crippen LogP contribution in [0.25, 0.3) is 11.1 Å². The number of fused-ring (bicyclic) bond motifs is 3. The number of hydrogen-bond acceptors (Lipinski definition) is 2. The summed E-state index contributed by atoms with van der Waals surface area (Å²) in [5.74, 6) is -5.46. The Morgan fingerprint density at radius 2 is 1.53 bits per heavy atom. The van der Waals surface area contributed by atoms with Gasteiger partial charge in [0.15, 0.2) is 23.2 Å². The first-order valence-corrected chi connectivity index (χ1v) is 5.46. The highest BCUT2D eigenvalue weighted by Crippen LogP contribution is 2.43. The van der Waals surface area contributed by atoms with E-state index >= 15 is 0 Å². The summed E-state index contributed by atoms with van der Waals surface area (Å²) >= 11 is 0. The molecule has 0 aliphatic heterocycles. The van der Waals surface area contributed by atoms with Gasteiger partial charge in [-0.25, -0.2) is 8.78 Å². The summed E-state index contributed by atoms with van der Waals surface area (Å²) in [6, 6.07) is 6.10. The predicted octanol–water partition coefficient (Wildman–Crippen LogP) is 3.32. The van der Waals surface area contributed by atoms with Crippen LogP contribution in [0.5, 0.6) is 5.75 Å². The molecule has 0 N–H and O–H groups in total. The van der Waals surface area contributed by atoms with Crippen LogP contribution in [-0.4, -0.2) is 12.9 Å². The van der Waals surface area contributed by atoms with Crippen molar-refractivity contribution in [2.45, 2.75) is 0 Å². The number of methoxy groups -OCH3 is 1. The van der Waals surface area contributed by atoms with Crippen molar-refractivity contribution in [1.82, 2.24) is 0 Å². The lowest BCUT2D eigenvalue weighted by Crippen LogP contribution is -2.05. The van der Waals surface area contributed by atoms with Crippen molar-refractivity contribution in [1.29, 1.82) is 0 Å². The summed E-state index contributed by atoms with van der Waals surface area (Å²) in [7, 11) is 1.04. The van der Waals surface area contributed by atoms with Crippen molar-refractivity contribution in [3.63, 3.8) is 0 Å². The third-order valence-corrected chi connectivity index (χ3v) is 3.15. The topological polar surface area (TPSA) is 26.3 Å². The van der Waals surface area contributed by atoms with E-state index in [1.807, 2.05) is 0 Å². The summed E-state index contributed by atoms with van der Waals surface area (Å²) in [6.45, 7) is 0. The van der Waals surface area contributed by atoms with Crippen LogP contribution in [0.4, 0.5) is 13.2 Å². The van der Waals surface area contributed by atoms with Crippen LogP contribution in [0.2, 0.25) is 0 Å². The first kappa shape index (κ1) is 11.8. The highest BCUT2D eigenvalue weighted by atomic mass is 19.2. The molecular weight excluding hydrogens is 257 g/mol. The van der Waals surface area contributed by atoms with Crippen molar-refractivity contribution >= 4 is 5.78 Å². The summed E-state index contributed by atoms with van der Waals surface area (Å²) in [4.78, 5) is 12.0. The number of rotatable bonds is 1. The molecule has 0 aromatic heterocycles. The van der Waals surface area contributed by atoms with Gasteiger partial charge in [0.05, 0.1) is 12.7 Å². The Balaban J connectivity index is 2.48. The minimum absolute atomic E-state index is 0.156. The van der Waals surface area contributed by atoms with Gasteiger partial charge in [-0.15, -0.1) is 0 Å². The van der Waals surface area contributed by atoms with Crippen LogP contribution in [0.1, 0.15) is 15.9 Å². The molecule has 2 aromatic rings. The molecule has 0 amide bonds. The molecule has 96 valence electrons. The Morgan fingerprint density at radius 3 is 2.16 bits per heavy atom. The predicted molar refractivity (Wildman–Crippen MR) is 61.7 cm³/mol. The summed E-state index contributed by atoms with van der Waals surface area (Å²) < 4.78 is 46.2. The maximum absolute atomic E-state index is 14.2.